The summed E-state index contributed by atoms with van der Waals surface area (Å²) in [6.45, 7) is 12.7. The third kappa shape index (κ3) is 4.57. The van der Waals surface area contributed by atoms with Crippen molar-refractivity contribution in [2.24, 2.45) is 0 Å². The van der Waals surface area contributed by atoms with E-state index in [0.29, 0.717) is 11.1 Å². The van der Waals surface area contributed by atoms with E-state index >= 15 is 0 Å². The van der Waals surface area contributed by atoms with Crippen LogP contribution in [0.25, 0.3) is 0 Å². The van der Waals surface area contributed by atoms with Gasteiger partial charge in [0.1, 0.15) is 5.82 Å². The molecule has 32 heavy (non-hydrogen) atoms. The monoisotopic (exact) mass is 455 g/mol. The molecule has 4 nitrogen and oxygen atoms in total. The van der Waals surface area contributed by atoms with Gasteiger partial charge in [0.15, 0.2) is 14.4 Å². The molecule has 1 aliphatic heterocycles. The molecule has 2 aromatic carbocycles. The maximum absolute atomic E-state index is 13.6. The highest BCUT2D eigenvalue weighted by Crippen LogP contribution is 2.41. The number of likely N-dealkylation sites (tertiary alicyclic amines) is 1. The normalized spacial score (nSPS) is 19.1. The molecule has 0 unspecified atom stereocenters. The van der Waals surface area contributed by atoms with E-state index in [2.05, 4.69) is 41.5 Å². The zero-order valence-corrected chi connectivity index (χ0v) is 20.9. The van der Waals surface area contributed by atoms with Crippen LogP contribution in [0.4, 0.5) is 4.39 Å². The quantitative estimate of drug-likeness (QED) is 0.282. The number of halogens is 1. The molecule has 2 aromatic rings. The molecule has 0 saturated carbocycles. The van der Waals surface area contributed by atoms with Gasteiger partial charge in [0, 0.05) is 5.56 Å². The summed E-state index contributed by atoms with van der Waals surface area (Å²) in [7, 11) is -2.08. The first kappa shape index (κ1) is 24.3. The van der Waals surface area contributed by atoms with Crippen molar-refractivity contribution in [3.8, 4) is 0 Å². The number of carbonyl (C=O) groups excluding carboxylic acids is 2. The Labute approximate surface area is 191 Å². The Balaban J connectivity index is 1.94. The third-order valence-corrected chi connectivity index (χ3v) is 11.4. The predicted octanol–water partition coefficient (Wildman–Crippen LogP) is 6.24. The molecule has 0 aliphatic carbocycles. The first-order valence-corrected chi connectivity index (χ1v) is 14.0. The Kier molecular flexibility index (Phi) is 7.05. The van der Waals surface area contributed by atoms with Crippen LogP contribution in [-0.2, 0) is 14.6 Å². The van der Waals surface area contributed by atoms with Gasteiger partial charge in [-0.05, 0) is 58.9 Å². The van der Waals surface area contributed by atoms with E-state index in [1.807, 2.05) is 12.1 Å². The SMILES string of the molecule is CC[Si](CC)(CC)O[C@H]1C(=O)N(C(=O)c2ccc(C(C)(C)C)cc2)[C@H]1c1ccc(F)cc1. The van der Waals surface area contributed by atoms with Crippen LogP contribution in [0.15, 0.2) is 48.5 Å². The van der Waals surface area contributed by atoms with Crippen molar-refractivity contribution in [3.63, 3.8) is 0 Å². The molecular weight excluding hydrogens is 421 g/mol. The lowest BCUT2D eigenvalue weighted by atomic mass is 9.86. The standard InChI is InChI=1S/C26H34FNO3Si/c1-7-32(8-2,9-3)31-23-22(18-12-16-21(27)17-13-18)28(25(23)30)24(29)19-10-14-20(15-11-19)26(4,5)6/h10-17,22-23H,7-9H2,1-6H3/t22-,23+/m0/s1. The summed E-state index contributed by atoms with van der Waals surface area (Å²) < 4.78 is 20.1. The number of β-lactam (4-membered cyclic amide) rings is 1. The molecule has 0 aromatic heterocycles. The van der Waals surface area contributed by atoms with Crippen LogP contribution in [0.3, 0.4) is 0 Å². The first-order valence-electron chi connectivity index (χ1n) is 11.5. The molecule has 2 amide bonds. The van der Waals surface area contributed by atoms with Gasteiger partial charge in [0.05, 0.1) is 6.04 Å². The smallest absolute Gasteiger partial charge is 0.261 e. The number of imide groups is 1. The second-order valence-corrected chi connectivity index (χ2v) is 14.3. The average Bonchev–Trinajstić information content (AvgIpc) is 2.78. The highest BCUT2D eigenvalue weighted by Gasteiger charge is 2.54. The highest BCUT2D eigenvalue weighted by molar-refractivity contribution is 6.73. The fourth-order valence-corrected chi connectivity index (χ4v) is 7.08. The molecule has 0 N–H and O–H groups in total. The maximum atomic E-state index is 13.6. The van der Waals surface area contributed by atoms with Crippen LogP contribution in [0.1, 0.15) is 69.1 Å². The van der Waals surface area contributed by atoms with Gasteiger partial charge in [-0.1, -0.05) is 65.8 Å². The Morgan fingerprint density at radius 2 is 1.50 bits per heavy atom. The van der Waals surface area contributed by atoms with Crippen molar-refractivity contribution in [1.29, 1.82) is 0 Å². The number of nitrogens with zero attached hydrogens (tertiary/aromatic N) is 1. The molecule has 172 valence electrons. The largest absolute Gasteiger partial charge is 0.403 e. The molecule has 1 saturated heterocycles. The van der Waals surface area contributed by atoms with E-state index < -0.39 is 20.5 Å². The average molecular weight is 456 g/mol. The molecule has 2 atom stereocenters. The number of rotatable bonds is 7. The van der Waals surface area contributed by atoms with Gasteiger partial charge < -0.3 is 4.43 Å². The van der Waals surface area contributed by atoms with Gasteiger partial charge in [-0.15, -0.1) is 0 Å². The fourth-order valence-electron chi connectivity index (χ4n) is 4.31. The summed E-state index contributed by atoms with van der Waals surface area (Å²) >= 11 is 0. The van der Waals surface area contributed by atoms with E-state index in [1.54, 1.807) is 24.3 Å². The number of carbonyl (C=O) groups is 2. The van der Waals surface area contributed by atoms with Crippen LogP contribution in [-0.4, -0.2) is 31.1 Å². The van der Waals surface area contributed by atoms with Gasteiger partial charge in [-0.2, -0.15) is 0 Å². The minimum absolute atomic E-state index is 0.0296. The summed E-state index contributed by atoms with van der Waals surface area (Å²) in [6, 6.07) is 15.6. The molecule has 6 heteroatoms. The second kappa shape index (κ2) is 9.28. The van der Waals surface area contributed by atoms with Gasteiger partial charge in [0.25, 0.3) is 11.8 Å². The lowest BCUT2D eigenvalue weighted by Crippen LogP contribution is -2.64. The molecule has 0 spiro atoms. The second-order valence-electron chi connectivity index (χ2n) is 9.62. The minimum Gasteiger partial charge on any atom is -0.403 e. The van der Waals surface area contributed by atoms with Crippen molar-refractivity contribution in [2.75, 3.05) is 0 Å². The summed E-state index contributed by atoms with van der Waals surface area (Å²) in [5, 5.41) is 0. The lowest BCUT2D eigenvalue weighted by molar-refractivity contribution is -0.158. The van der Waals surface area contributed by atoms with E-state index in [-0.39, 0.29) is 23.0 Å². The van der Waals surface area contributed by atoms with Gasteiger partial charge in [0.2, 0.25) is 0 Å². The van der Waals surface area contributed by atoms with E-state index in [0.717, 1.165) is 23.7 Å². The number of hydrogen-bond donors (Lipinski definition) is 0. The number of amides is 2. The summed E-state index contributed by atoms with van der Waals surface area (Å²) in [4.78, 5) is 27.8. The van der Waals surface area contributed by atoms with Crippen LogP contribution < -0.4 is 0 Å². The summed E-state index contributed by atoms with van der Waals surface area (Å²) in [6.07, 6.45) is -0.704. The fraction of sp³-hybridized carbons (Fsp3) is 0.462. The van der Waals surface area contributed by atoms with Crippen molar-refractivity contribution in [2.45, 2.75) is 77.2 Å². The van der Waals surface area contributed by atoms with Crippen molar-refractivity contribution in [1.82, 2.24) is 4.90 Å². The van der Waals surface area contributed by atoms with Gasteiger partial charge in [-0.3, -0.25) is 14.5 Å². The molecule has 1 fully saturated rings. The minimum atomic E-state index is -2.08. The van der Waals surface area contributed by atoms with Crippen LogP contribution >= 0.6 is 0 Å². The van der Waals surface area contributed by atoms with Crippen molar-refractivity contribution < 1.29 is 18.4 Å². The van der Waals surface area contributed by atoms with Crippen LogP contribution in [0.5, 0.6) is 0 Å². The maximum Gasteiger partial charge on any atom is 0.261 e. The highest BCUT2D eigenvalue weighted by atomic mass is 28.4. The molecule has 1 aliphatic rings. The van der Waals surface area contributed by atoms with Gasteiger partial charge in [-0.25, -0.2) is 4.39 Å². The Hall–Kier alpha value is -2.31. The van der Waals surface area contributed by atoms with Crippen LogP contribution in [0.2, 0.25) is 18.1 Å². The number of hydrogen-bond acceptors (Lipinski definition) is 3. The summed E-state index contributed by atoms with van der Waals surface area (Å²) in [5.41, 5.74) is 2.26. The van der Waals surface area contributed by atoms with Gasteiger partial charge >= 0.3 is 0 Å². The number of benzene rings is 2. The Morgan fingerprint density at radius 3 is 1.97 bits per heavy atom. The third-order valence-electron chi connectivity index (χ3n) is 6.78. The molecule has 0 radical (unpaired) electrons. The molecule has 0 bridgehead atoms. The summed E-state index contributed by atoms with van der Waals surface area (Å²) in [5.74, 6) is -1.01. The van der Waals surface area contributed by atoms with Crippen molar-refractivity contribution >= 4 is 20.1 Å². The zero-order valence-electron chi connectivity index (χ0n) is 19.9. The van der Waals surface area contributed by atoms with E-state index in [1.165, 1.54) is 17.0 Å². The molecule has 3 rings (SSSR count). The lowest BCUT2D eigenvalue weighted by Gasteiger charge is -2.48. The van der Waals surface area contributed by atoms with E-state index in [4.69, 9.17) is 4.43 Å². The Bertz CT molecular complexity index is 954. The Morgan fingerprint density at radius 1 is 0.969 bits per heavy atom. The molecule has 1 heterocycles. The molecular formula is C26H34FNO3Si. The zero-order chi connectivity index (χ0) is 23.7. The topological polar surface area (TPSA) is 46.6 Å². The van der Waals surface area contributed by atoms with Crippen molar-refractivity contribution in [3.05, 3.63) is 71.0 Å². The predicted molar refractivity (Wildman–Crippen MR) is 128 cm³/mol. The van der Waals surface area contributed by atoms with E-state index in [9.17, 15) is 14.0 Å². The van der Waals surface area contributed by atoms with Crippen LogP contribution in [0, 0.1) is 5.82 Å². The first-order chi connectivity index (χ1) is 15.1.